The Labute approximate surface area is 130 Å². The van der Waals surface area contributed by atoms with Crippen LogP contribution in [0.25, 0.3) is 6.08 Å². The van der Waals surface area contributed by atoms with Crippen molar-refractivity contribution in [3.63, 3.8) is 0 Å². The van der Waals surface area contributed by atoms with Crippen LogP contribution in [0.2, 0.25) is 5.02 Å². The molecule has 0 saturated heterocycles. The first-order chi connectivity index (χ1) is 10.5. The van der Waals surface area contributed by atoms with E-state index >= 15 is 0 Å². The Bertz CT molecular complexity index is 742. The molecule has 0 aliphatic heterocycles. The standard InChI is InChI=1S/C15H11ClN2O4/c16-11-4-7-13(14(9-11)18(21)22)17-15(20)8-3-10-1-5-12(19)6-2-10/h1-9,19H,(H,17,20)/b8-3+. The fraction of sp³-hybridized carbons (Fsp3) is 0. The first kappa shape index (κ1) is 15.5. The maximum absolute atomic E-state index is 11.8. The van der Waals surface area contributed by atoms with Crippen LogP contribution in [-0.2, 0) is 4.79 Å². The predicted octanol–water partition coefficient (Wildman–Crippen LogP) is 3.61. The number of anilines is 1. The number of hydrogen-bond acceptors (Lipinski definition) is 4. The summed E-state index contributed by atoms with van der Waals surface area (Å²) in [6, 6.07) is 10.2. The van der Waals surface area contributed by atoms with Gasteiger partial charge in [-0.3, -0.25) is 14.9 Å². The number of phenols is 1. The van der Waals surface area contributed by atoms with Crippen LogP contribution in [0.5, 0.6) is 5.75 Å². The van der Waals surface area contributed by atoms with E-state index in [0.29, 0.717) is 5.56 Å². The molecule has 2 aromatic carbocycles. The van der Waals surface area contributed by atoms with Crippen molar-refractivity contribution < 1.29 is 14.8 Å². The zero-order chi connectivity index (χ0) is 16.1. The van der Waals surface area contributed by atoms with Crippen molar-refractivity contribution in [2.24, 2.45) is 0 Å². The van der Waals surface area contributed by atoms with E-state index in [0.717, 1.165) is 0 Å². The second-order valence-corrected chi connectivity index (χ2v) is 4.77. The number of nitro benzene ring substituents is 1. The molecule has 0 saturated carbocycles. The van der Waals surface area contributed by atoms with Gasteiger partial charge in [-0.2, -0.15) is 0 Å². The molecule has 22 heavy (non-hydrogen) atoms. The lowest BCUT2D eigenvalue weighted by atomic mass is 10.2. The fourth-order valence-electron chi connectivity index (χ4n) is 1.69. The number of halogens is 1. The number of hydrogen-bond donors (Lipinski definition) is 2. The molecule has 0 heterocycles. The van der Waals surface area contributed by atoms with Crippen LogP contribution in [0.4, 0.5) is 11.4 Å². The van der Waals surface area contributed by atoms with E-state index in [1.165, 1.54) is 42.5 Å². The Hall–Kier alpha value is -2.86. The highest BCUT2D eigenvalue weighted by Crippen LogP contribution is 2.27. The first-order valence-electron chi connectivity index (χ1n) is 6.18. The minimum absolute atomic E-state index is 0.0646. The van der Waals surface area contributed by atoms with E-state index in [4.69, 9.17) is 16.7 Å². The molecule has 0 aromatic heterocycles. The van der Waals surface area contributed by atoms with Gasteiger partial charge in [0.05, 0.1) is 4.92 Å². The van der Waals surface area contributed by atoms with E-state index in [1.807, 2.05) is 0 Å². The number of benzene rings is 2. The average molecular weight is 319 g/mol. The summed E-state index contributed by atoms with van der Waals surface area (Å²) in [5.41, 5.74) is 0.493. The van der Waals surface area contributed by atoms with Crippen LogP contribution in [0, 0.1) is 10.1 Å². The van der Waals surface area contributed by atoms with Crippen molar-refractivity contribution >= 4 is 35.0 Å². The van der Waals surface area contributed by atoms with Crippen molar-refractivity contribution in [2.75, 3.05) is 5.32 Å². The highest BCUT2D eigenvalue weighted by molar-refractivity contribution is 6.31. The van der Waals surface area contributed by atoms with E-state index in [2.05, 4.69) is 5.32 Å². The first-order valence-corrected chi connectivity index (χ1v) is 6.55. The third-order valence-corrected chi connectivity index (χ3v) is 2.97. The maximum Gasteiger partial charge on any atom is 0.294 e. The molecule has 0 unspecified atom stereocenters. The van der Waals surface area contributed by atoms with E-state index < -0.39 is 10.8 Å². The molecule has 112 valence electrons. The zero-order valence-corrected chi connectivity index (χ0v) is 11.9. The molecule has 2 N–H and O–H groups in total. The minimum Gasteiger partial charge on any atom is -0.508 e. The Morgan fingerprint density at radius 2 is 1.91 bits per heavy atom. The van der Waals surface area contributed by atoms with Crippen molar-refractivity contribution in [3.05, 3.63) is 69.2 Å². The van der Waals surface area contributed by atoms with Gasteiger partial charge in [-0.15, -0.1) is 0 Å². The molecule has 0 spiro atoms. The van der Waals surface area contributed by atoms with Crippen molar-refractivity contribution in [2.45, 2.75) is 0 Å². The molecular formula is C15H11ClN2O4. The highest BCUT2D eigenvalue weighted by atomic mass is 35.5. The molecule has 1 amide bonds. The molecule has 0 radical (unpaired) electrons. The maximum atomic E-state index is 11.8. The van der Waals surface area contributed by atoms with Gasteiger partial charge in [0.25, 0.3) is 5.69 Å². The quantitative estimate of drug-likeness (QED) is 0.511. The summed E-state index contributed by atoms with van der Waals surface area (Å²) in [5, 5.41) is 22.7. The number of nitrogens with zero attached hydrogens (tertiary/aromatic N) is 1. The summed E-state index contributed by atoms with van der Waals surface area (Å²) in [5.74, 6) is -0.392. The van der Waals surface area contributed by atoms with Crippen LogP contribution >= 0.6 is 11.6 Å². The molecule has 0 bridgehead atoms. The van der Waals surface area contributed by atoms with E-state index in [9.17, 15) is 14.9 Å². The number of phenolic OH excluding ortho intramolecular Hbond substituents is 1. The number of nitrogens with one attached hydrogen (secondary N) is 1. The number of amides is 1. The number of aromatic hydroxyl groups is 1. The third kappa shape index (κ3) is 4.07. The molecule has 0 atom stereocenters. The smallest absolute Gasteiger partial charge is 0.294 e. The van der Waals surface area contributed by atoms with Crippen molar-refractivity contribution in [1.29, 1.82) is 0 Å². The van der Waals surface area contributed by atoms with Gasteiger partial charge < -0.3 is 10.4 Å². The molecule has 6 nitrogen and oxygen atoms in total. The van der Waals surface area contributed by atoms with Gasteiger partial charge in [0.15, 0.2) is 0 Å². The average Bonchev–Trinajstić information content (AvgIpc) is 2.48. The normalized spacial score (nSPS) is 10.6. The number of rotatable bonds is 4. The lowest BCUT2D eigenvalue weighted by Gasteiger charge is -2.03. The molecule has 0 aliphatic rings. The van der Waals surface area contributed by atoms with Crippen molar-refractivity contribution in [1.82, 2.24) is 0 Å². The van der Waals surface area contributed by atoms with E-state index in [-0.39, 0.29) is 22.1 Å². The Kier molecular flexibility index (Phi) is 4.75. The Balaban J connectivity index is 2.12. The van der Waals surface area contributed by atoms with Gasteiger partial charge in [0.2, 0.25) is 5.91 Å². The molecule has 7 heteroatoms. The molecular weight excluding hydrogens is 308 g/mol. The lowest BCUT2D eigenvalue weighted by Crippen LogP contribution is -2.09. The van der Waals surface area contributed by atoms with Gasteiger partial charge in [-0.05, 0) is 35.9 Å². The Morgan fingerprint density at radius 1 is 1.23 bits per heavy atom. The number of carbonyl (C=O) groups excluding carboxylic acids is 1. The van der Waals surface area contributed by atoms with Gasteiger partial charge in [-0.1, -0.05) is 23.7 Å². The monoisotopic (exact) mass is 318 g/mol. The summed E-state index contributed by atoms with van der Waals surface area (Å²) < 4.78 is 0. The SMILES string of the molecule is O=C(/C=C/c1ccc(O)cc1)Nc1ccc(Cl)cc1[N+](=O)[O-]. The second-order valence-electron chi connectivity index (χ2n) is 4.33. The van der Waals surface area contributed by atoms with Crippen LogP contribution in [-0.4, -0.2) is 15.9 Å². The van der Waals surface area contributed by atoms with Crippen LogP contribution in [0.15, 0.2) is 48.5 Å². The Morgan fingerprint density at radius 3 is 2.55 bits per heavy atom. The van der Waals surface area contributed by atoms with Crippen LogP contribution < -0.4 is 5.32 Å². The van der Waals surface area contributed by atoms with Gasteiger partial charge >= 0.3 is 0 Å². The topological polar surface area (TPSA) is 92.5 Å². The largest absolute Gasteiger partial charge is 0.508 e. The lowest BCUT2D eigenvalue weighted by molar-refractivity contribution is -0.383. The molecule has 0 fully saturated rings. The van der Waals surface area contributed by atoms with Gasteiger partial charge in [0.1, 0.15) is 11.4 Å². The van der Waals surface area contributed by atoms with Crippen LogP contribution in [0.3, 0.4) is 0 Å². The van der Waals surface area contributed by atoms with Crippen LogP contribution in [0.1, 0.15) is 5.56 Å². The zero-order valence-electron chi connectivity index (χ0n) is 11.2. The molecule has 0 aliphatic carbocycles. The molecule has 2 rings (SSSR count). The summed E-state index contributed by atoms with van der Waals surface area (Å²) in [6.07, 6.45) is 2.77. The molecule has 2 aromatic rings. The second kappa shape index (κ2) is 6.73. The summed E-state index contributed by atoms with van der Waals surface area (Å²) in [4.78, 5) is 22.1. The van der Waals surface area contributed by atoms with E-state index in [1.54, 1.807) is 12.1 Å². The van der Waals surface area contributed by atoms with Gasteiger partial charge in [0, 0.05) is 17.2 Å². The minimum atomic E-state index is -0.620. The highest BCUT2D eigenvalue weighted by Gasteiger charge is 2.15. The van der Waals surface area contributed by atoms with Gasteiger partial charge in [-0.25, -0.2) is 0 Å². The summed E-state index contributed by atoms with van der Waals surface area (Å²) in [6.45, 7) is 0. The third-order valence-electron chi connectivity index (χ3n) is 2.73. The summed E-state index contributed by atoms with van der Waals surface area (Å²) in [7, 11) is 0. The number of nitro groups is 1. The van der Waals surface area contributed by atoms with Crippen molar-refractivity contribution in [3.8, 4) is 5.75 Å². The predicted molar refractivity (Wildman–Crippen MR) is 83.9 cm³/mol. The summed E-state index contributed by atoms with van der Waals surface area (Å²) >= 11 is 5.70. The fourth-order valence-corrected chi connectivity index (χ4v) is 1.86. The number of carbonyl (C=O) groups is 1.